The molecule has 2 rings (SSSR count). The molecule has 1 fully saturated rings. The number of β-lactam (4-membered cyclic amide) rings is 1. The Labute approximate surface area is 117 Å². The molecule has 20 heavy (non-hydrogen) atoms. The van der Waals surface area contributed by atoms with Gasteiger partial charge in [-0.3, -0.25) is 4.79 Å². The molecule has 1 aliphatic rings. The third kappa shape index (κ3) is 3.44. The van der Waals surface area contributed by atoms with Gasteiger partial charge in [0.15, 0.2) is 0 Å². The van der Waals surface area contributed by atoms with E-state index in [-0.39, 0.29) is 18.4 Å². The number of carbonyl (C=O) groups is 3. The number of rotatable bonds is 7. The molecule has 1 aliphatic heterocycles. The third-order valence-electron chi connectivity index (χ3n) is 3.35. The smallest absolute Gasteiger partial charge is 0.329 e. The number of ether oxygens (including phenoxy) is 1. The molecule has 5 nitrogen and oxygen atoms in total. The lowest BCUT2D eigenvalue weighted by Gasteiger charge is -2.34. The third-order valence-corrected chi connectivity index (χ3v) is 3.35. The molecule has 0 aliphatic carbocycles. The first-order chi connectivity index (χ1) is 9.72. The molecule has 0 radical (unpaired) electrons. The molecule has 106 valence electrons. The summed E-state index contributed by atoms with van der Waals surface area (Å²) in [5, 5.41) is 2.55. The Bertz CT molecular complexity index is 486. The van der Waals surface area contributed by atoms with Crippen LogP contribution in [0.4, 0.5) is 0 Å². The summed E-state index contributed by atoms with van der Waals surface area (Å²) >= 11 is 0. The van der Waals surface area contributed by atoms with Gasteiger partial charge in [-0.2, -0.15) is 0 Å². The SMILES string of the molecule is O=CCCCC1C(=O)NC1C(=O)OCc1ccccc1. The number of aldehydes is 1. The Morgan fingerprint density at radius 1 is 1.30 bits per heavy atom. The van der Waals surface area contributed by atoms with Gasteiger partial charge in [0.2, 0.25) is 5.91 Å². The molecule has 1 aromatic carbocycles. The molecule has 1 saturated heterocycles. The van der Waals surface area contributed by atoms with Gasteiger partial charge >= 0.3 is 5.97 Å². The first-order valence-corrected chi connectivity index (χ1v) is 6.67. The highest BCUT2D eigenvalue weighted by Gasteiger charge is 2.44. The summed E-state index contributed by atoms with van der Waals surface area (Å²) in [6, 6.07) is 8.80. The van der Waals surface area contributed by atoms with Crippen LogP contribution in [-0.2, 0) is 25.7 Å². The second kappa shape index (κ2) is 6.84. The van der Waals surface area contributed by atoms with E-state index in [0.29, 0.717) is 19.3 Å². The van der Waals surface area contributed by atoms with Crippen LogP contribution in [0.15, 0.2) is 30.3 Å². The normalized spacial score (nSPS) is 20.7. The fourth-order valence-electron chi connectivity index (χ4n) is 2.18. The predicted molar refractivity (Wildman–Crippen MR) is 71.6 cm³/mol. The van der Waals surface area contributed by atoms with E-state index in [0.717, 1.165) is 11.8 Å². The summed E-state index contributed by atoms with van der Waals surface area (Å²) in [6.07, 6.45) is 2.38. The van der Waals surface area contributed by atoms with Crippen molar-refractivity contribution >= 4 is 18.2 Å². The van der Waals surface area contributed by atoms with Gasteiger partial charge in [-0.1, -0.05) is 30.3 Å². The number of benzene rings is 1. The van der Waals surface area contributed by atoms with Gasteiger partial charge in [-0.25, -0.2) is 4.79 Å². The Hall–Kier alpha value is -2.17. The molecule has 2 unspecified atom stereocenters. The molecule has 1 amide bonds. The second-order valence-electron chi connectivity index (χ2n) is 4.78. The van der Waals surface area contributed by atoms with Crippen LogP contribution in [0.5, 0.6) is 0 Å². The summed E-state index contributed by atoms with van der Waals surface area (Å²) in [6.45, 7) is 0.201. The van der Waals surface area contributed by atoms with Crippen LogP contribution in [0.1, 0.15) is 24.8 Å². The molecular formula is C15H17NO4. The predicted octanol–water partition coefficient (Wildman–Crippen LogP) is 1.21. The zero-order valence-corrected chi connectivity index (χ0v) is 11.1. The van der Waals surface area contributed by atoms with Gasteiger partial charge in [-0.15, -0.1) is 0 Å². The maximum Gasteiger partial charge on any atom is 0.329 e. The van der Waals surface area contributed by atoms with Crippen molar-refractivity contribution in [2.75, 3.05) is 0 Å². The van der Waals surface area contributed by atoms with Crippen LogP contribution >= 0.6 is 0 Å². The lowest BCUT2D eigenvalue weighted by atomic mass is 9.86. The number of amides is 1. The molecule has 0 saturated carbocycles. The lowest BCUT2D eigenvalue weighted by Crippen LogP contribution is -2.62. The highest BCUT2D eigenvalue weighted by atomic mass is 16.5. The van der Waals surface area contributed by atoms with E-state index in [1.165, 1.54) is 0 Å². The molecule has 1 aromatic rings. The largest absolute Gasteiger partial charge is 0.459 e. The molecule has 0 bridgehead atoms. The van der Waals surface area contributed by atoms with Gasteiger partial charge in [0.25, 0.3) is 0 Å². The Kier molecular flexibility index (Phi) is 4.87. The zero-order valence-electron chi connectivity index (χ0n) is 11.1. The van der Waals surface area contributed by atoms with Crippen LogP contribution < -0.4 is 5.32 Å². The number of nitrogens with one attached hydrogen (secondary N) is 1. The molecule has 2 atom stereocenters. The molecule has 1 N–H and O–H groups in total. The van der Waals surface area contributed by atoms with E-state index in [1.54, 1.807) is 0 Å². The van der Waals surface area contributed by atoms with E-state index in [2.05, 4.69) is 5.32 Å². The minimum absolute atomic E-state index is 0.141. The molecule has 1 heterocycles. The first kappa shape index (κ1) is 14.2. The van der Waals surface area contributed by atoms with Crippen molar-refractivity contribution in [2.24, 2.45) is 5.92 Å². The standard InChI is InChI=1S/C15H17NO4/c17-9-5-4-8-12-13(16-14(12)18)15(19)20-10-11-6-2-1-3-7-11/h1-3,6-7,9,12-13H,4-5,8,10H2,(H,16,18). The van der Waals surface area contributed by atoms with E-state index in [9.17, 15) is 14.4 Å². The van der Waals surface area contributed by atoms with E-state index >= 15 is 0 Å². The summed E-state index contributed by atoms with van der Waals surface area (Å²) in [7, 11) is 0. The Morgan fingerprint density at radius 2 is 2.05 bits per heavy atom. The summed E-state index contributed by atoms with van der Waals surface area (Å²) in [5.41, 5.74) is 0.906. The minimum atomic E-state index is -0.571. The summed E-state index contributed by atoms with van der Waals surface area (Å²) in [5.74, 6) is -0.916. The van der Waals surface area contributed by atoms with E-state index in [4.69, 9.17) is 4.74 Å². The van der Waals surface area contributed by atoms with Crippen molar-refractivity contribution in [3.8, 4) is 0 Å². The van der Waals surface area contributed by atoms with Crippen LogP contribution in [0.3, 0.4) is 0 Å². The number of hydrogen-bond acceptors (Lipinski definition) is 4. The van der Waals surface area contributed by atoms with Crippen molar-refractivity contribution in [2.45, 2.75) is 31.9 Å². The van der Waals surface area contributed by atoms with E-state index in [1.807, 2.05) is 30.3 Å². The highest BCUT2D eigenvalue weighted by molar-refractivity contribution is 5.97. The van der Waals surface area contributed by atoms with Crippen molar-refractivity contribution in [3.05, 3.63) is 35.9 Å². The Morgan fingerprint density at radius 3 is 2.70 bits per heavy atom. The topological polar surface area (TPSA) is 72.5 Å². The van der Waals surface area contributed by atoms with Crippen LogP contribution in [-0.4, -0.2) is 24.2 Å². The van der Waals surface area contributed by atoms with Crippen LogP contribution in [0, 0.1) is 5.92 Å². The fraction of sp³-hybridized carbons (Fsp3) is 0.400. The summed E-state index contributed by atoms with van der Waals surface area (Å²) < 4.78 is 5.19. The Balaban J connectivity index is 1.80. The number of carbonyl (C=O) groups excluding carboxylic acids is 3. The van der Waals surface area contributed by atoms with Crippen molar-refractivity contribution in [1.29, 1.82) is 0 Å². The van der Waals surface area contributed by atoms with Gasteiger partial charge in [0.05, 0.1) is 5.92 Å². The van der Waals surface area contributed by atoms with Gasteiger partial charge in [0.1, 0.15) is 18.9 Å². The molecule has 5 heteroatoms. The van der Waals surface area contributed by atoms with Crippen LogP contribution in [0.25, 0.3) is 0 Å². The first-order valence-electron chi connectivity index (χ1n) is 6.67. The quantitative estimate of drug-likeness (QED) is 0.351. The molecular weight excluding hydrogens is 258 g/mol. The molecule has 0 spiro atoms. The van der Waals surface area contributed by atoms with Gasteiger partial charge in [-0.05, 0) is 18.4 Å². The van der Waals surface area contributed by atoms with Crippen molar-refractivity contribution < 1.29 is 19.1 Å². The van der Waals surface area contributed by atoms with Crippen molar-refractivity contribution in [3.63, 3.8) is 0 Å². The lowest BCUT2D eigenvalue weighted by molar-refractivity contribution is -0.159. The van der Waals surface area contributed by atoms with Gasteiger partial charge < -0.3 is 14.8 Å². The highest BCUT2D eigenvalue weighted by Crippen LogP contribution is 2.22. The number of unbranched alkanes of at least 4 members (excludes halogenated alkanes) is 1. The van der Waals surface area contributed by atoms with E-state index < -0.39 is 12.0 Å². The minimum Gasteiger partial charge on any atom is -0.459 e. The molecule has 0 aromatic heterocycles. The van der Waals surface area contributed by atoms with Gasteiger partial charge in [0, 0.05) is 6.42 Å². The monoisotopic (exact) mass is 275 g/mol. The zero-order chi connectivity index (χ0) is 14.4. The number of hydrogen-bond donors (Lipinski definition) is 1. The second-order valence-corrected chi connectivity index (χ2v) is 4.78. The fourth-order valence-corrected chi connectivity index (χ4v) is 2.18. The average molecular weight is 275 g/mol. The average Bonchev–Trinajstić information content (AvgIpc) is 2.47. The van der Waals surface area contributed by atoms with Crippen LogP contribution in [0.2, 0.25) is 0 Å². The maximum absolute atomic E-state index is 11.9. The maximum atomic E-state index is 11.9. The summed E-state index contributed by atoms with van der Waals surface area (Å²) in [4.78, 5) is 33.5. The number of esters is 1. The van der Waals surface area contributed by atoms with Crippen molar-refractivity contribution in [1.82, 2.24) is 5.32 Å².